The minimum Gasteiger partial charge on any atom is -0.507 e. The van der Waals surface area contributed by atoms with Gasteiger partial charge in [0.2, 0.25) is 0 Å². The lowest BCUT2D eigenvalue weighted by Crippen LogP contribution is -2.36. The third kappa shape index (κ3) is 3.78. The molecule has 0 aliphatic carbocycles. The first-order chi connectivity index (χ1) is 11.2. The average molecular weight is 313 g/mol. The standard InChI is InChI=1S/C17H19N3O3/c21-15-4-2-1-3-14(15)17(22)19-12-13-5-6-18-16(11-13)20-7-9-23-10-8-20/h1-6,11,21H,7-10,12H2,(H,19,22). The van der Waals surface area contributed by atoms with Crippen LogP contribution < -0.4 is 10.2 Å². The molecule has 1 aliphatic heterocycles. The van der Waals surface area contributed by atoms with Gasteiger partial charge in [0.25, 0.3) is 5.91 Å². The molecule has 3 rings (SSSR count). The number of phenolic OH excluding ortho intramolecular Hbond substituents is 1. The van der Waals surface area contributed by atoms with Gasteiger partial charge in [0.1, 0.15) is 11.6 Å². The SMILES string of the molecule is O=C(NCc1ccnc(N2CCOCC2)c1)c1ccccc1O. The predicted octanol–water partition coefficient (Wildman–Crippen LogP) is 1.55. The van der Waals surface area contributed by atoms with Crippen LogP contribution in [0.15, 0.2) is 42.6 Å². The zero-order chi connectivity index (χ0) is 16.1. The monoisotopic (exact) mass is 313 g/mol. The summed E-state index contributed by atoms with van der Waals surface area (Å²) in [6.07, 6.45) is 1.74. The molecule has 1 aromatic carbocycles. The van der Waals surface area contributed by atoms with Crippen LogP contribution in [-0.4, -0.2) is 42.3 Å². The minimum absolute atomic E-state index is 0.0197. The topological polar surface area (TPSA) is 74.7 Å². The molecule has 1 aliphatic rings. The van der Waals surface area contributed by atoms with Crippen molar-refractivity contribution in [2.45, 2.75) is 6.54 Å². The molecule has 1 fully saturated rings. The molecule has 0 spiro atoms. The summed E-state index contributed by atoms with van der Waals surface area (Å²) in [6, 6.07) is 10.3. The van der Waals surface area contributed by atoms with Gasteiger partial charge in [0, 0.05) is 25.8 Å². The van der Waals surface area contributed by atoms with Gasteiger partial charge in [-0.05, 0) is 29.8 Å². The molecule has 23 heavy (non-hydrogen) atoms. The van der Waals surface area contributed by atoms with Crippen LogP contribution in [0.5, 0.6) is 5.75 Å². The van der Waals surface area contributed by atoms with E-state index in [4.69, 9.17) is 4.74 Å². The van der Waals surface area contributed by atoms with Crippen LogP contribution in [0.25, 0.3) is 0 Å². The van der Waals surface area contributed by atoms with Crippen molar-refractivity contribution >= 4 is 11.7 Å². The Morgan fingerprint density at radius 3 is 2.83 bits per heavy atom. The zero-order valence-corrected chi connectivity index (χ0v) is 12.7. The highest BCUT2D eigenvalue weighted by Crippen LogP contribution is 2.16. The normalized spacial score (nSPS) is 14.5. The molecular formula is C17H19N3O3. The smallest absolute Gasteiger partial charge is 0.255 e. The number of nitrogens with one attached hydrogen (secondary N) is 1. The summed E-state index contributed by atoms with van der Waals surface area (Å²) < 4.78 is 5.34. The van der Waals surface area contributed by atoms with E-state index in [1.54, 1.807) is 24.4 Å². The number of aromatic nitrogens is 1. The molecule has 1 amide bonds. The van der Waals surface area contributed by atoms with Crippen molar-refractivity contribution in [3.05, 3.63) is 53.7 Å². The number of nitrogens with zero attached hydrogens (tertiary/aromatic N) is 2. The number of carbonyl (C=O) groups is 1. The van der Waals surface area contributed by atoms with Crippen molar-refractivity contribution in [2.24, 2.45) is 0 Å². The lowest BCUT2D eigenvalue weighted by Gasteiger charge is -2.28. The highest BCUT2D eigenvalue weighted by molar-refractivity contribution is 5.96. The number of ether oxygens (including phenoxy) is 1. The molecule has 6 nitrogen and oxygen atoms in total. The number of hydrogen-bond acceptors (Lipinski definition) is 5. The van der Waals surface area contributed by atoms with Crippen molar-refractivity contribution in [2.75, 3.05) is 31.2 Å². The lowest BCUT2D eigenvalue weighted by atomic mass is 10.2. The Morgan fingerprint density at radius 2 is 2.04 bits per heavy atom. The quantitative estimate of drug-likeness (QED) is 0.896. The van der Waals surface area contributed by atoms with Crippen molar-refractivity contribution < 1.29 is 14.6 Å². The van der Waals surface area contributed by atoms with Crippen molar-refractivity contribution in [3.63, 3.8) is 0 Å². The van der Waals surface area contributed by atoms with E-state index in [0.29, 0.717) is 19.8 Å². The van der Waals surface area contributed by atoms with E-state index in [9.17, 15) is 9.90 Å². The molecule has 0 atom stereocenters. The molecule has 120 valence electrons. The first kappa shape index (κ1) is 15.3. The Balaban J connectivity index is 1.64. The van der Waals surface area contributed by atoms with E-state index in [-0.39, 0.29) is 17.2 Å². The molecule has 0 unspecified atom stereocenters. The fraction of sp³-hybridized carbons (Fsp3) is 0.294. The van der Waals surface area contributed by atoms with Gasteiger partial charge in [0.15, 0.2) is 0 Å². The number of anilines is 1. The van der Waals surface area contributed by atoms with E-state index >= 15 is 0 Å². The van der Waals surface area contributed by atoms with Crippen LogP contribution >= 0.6 is 0 Å². The second-order valence-corrected chi connectivity index (χ2v) is 5.32. The number of carbonyl (C=O) groups excluding carboxylic acids is 1. The largest absolute Gasteiger partial charge is 0.507 e. The molecule has 0 bridgehead atoms. The Bertz CT molecular complexity index is 684. The molecule has 0 saturated carbocycles. The molecule has 2 aromatic rings. The molecule has 1 aromatic heterocycles. The number of amides is 1. The van der Waals surface area contributed by atoms with Crippen LogP contribution in [-0.2, 0) is 11.3 Å². The van der Waals surface area contributed by atoms with Gasteiger partial charge in [0.05, 0.1) is 18.8 Å². The van der Waals surface area contributed by atoms with Crippen molar-refractivity contribution in [1.29, 1.82) is 0 Å². The van der Waals surface area contributed by atoms with Crippen LogP contribution in [0.3, 0.4) is 0 Å². The second-order valence-electron chi connectivity index (χ2n) is 5.32. The van der Waals surface area contributed by atoms with Gasteiger partial charge in [-0.15, -0.1) is 0 Å². The zero-order valence-electron chi connectivity index (χ0n) is 12.7. The van der Waals surface area contributed by atoms with Crippen LogP contribution in [0, 0.1) is 0 Å². The summed E-state index contributed by atoms with van der Waals surface area (Å²) in [5, 5.41) is 12.5. The number of pyridine rings is 1. The third-order valence-electron chi connectivity index (χ3n) is 3.75. The Labute approximate surface area is 134 Å². The number of benzene rings is 1. The molecule has 2 N–H and O–H groups in total. The molecule has 0 radical (unpaired) electrons. The summed E-state index contributed by atoms with van der Waals surface area (Å²) in [5.74, 6) is 0.573. The highest BCUT2D eigenvalue weighted by atomic mass is 16.5. The Kier molecular flexibility index (Phi) is 4.73. The van der Waals surface area contributed by atoms with Crippen LogP contribution in [0.4, 0.5) is 5.82 Å². The molecule has 2 heterocycles. The van der Waals surface area contributed by atoms with Gasteiger partial charge in [-0.1, -0.05) is 12.1 Å². The third-order valence-corrected chi connectivity index (χ3v) is 3.75. The first-order valence-electron chi connectivity index (χ1n) is 7.58. The Hall–Kier alpha value is -2.60. The van der Waals surface area contributed by atoms with Gasteiger partial charge >= 0.3 is 0 Å². The van der Waals surface area contributed by atoms with E-state index in [1.165, 1.54) is 6.07 Å². The minimum atomic E-state index is -0.298. The fourth-order valence-corrected chi connectivity index (χ4v) is 2.48. The number of para-hydroxylation sites is 1. The van der Waals surface area contributed by atoms with E-state index in [1.807, 2.05) is 12.1 Å². The van der Waals surface area contributed by atoms with Crippen molar-refractivity contribution in [3.8, 4) is 5.75 Å². The van der Waals surface area contributed by atoms with Gasteiger partial charge in [-0.25, -0.2) is 4.98 Å². The number of hydrogen-bond donors (Lipinski definition) is 2. The van der Waals surface area contributed by atoms with Crippen LogP contribution in [0.1, 0.15) is 15.9 Å². The number of aromatic hydroxyl groups is 1. The first-order valence-corrected chi connectivity index (χ1v) is 7.58. The van der Waals surface area contributed by atoms with Gasteiger partial charge in [-0.3, -0.25) is 4.79 Å². The van der Waals surface area contributed by atoms with Gasteiger partial charge in [-0.2, -0.15) is 0 Å². The predicted molar refractivity (Wildman–Crippen MR) is 86.5 cm³/mol. The van der Waals surface area contributed by atoms with Gasteiger partial charge < -0.3 is 20.1 Å². The van der Waals surface area contributed by atoms with Crippen molar-refractivity contribution in [1.82, 2.24) is 10.3 Å². The van der Waals surface area contributed by atoms with E-state index < -0.39 is 0 Å². The summed E-state index contributed by atoms with van der Waals surface area (Å²) in [4.78, 5) is 18.7. The summed E-state index contributed by atoms with van der Waals surface area (Å²) in [5.41, 5.74) is 1.24. The number of morpholine rings is 1. The molecule has 6 heteroatoms. The highest BCUT2D eigenvalue weighted by Gasteiger charge is 2.13. The summed E-state index contributed by atoms with van der Waals surface area (Å²) in [6.45, 7) is 3.43. The maximum absolute atomic E-state index is 12.1. The second kappa shape index (κ2) is 7.11. The van der Waals surface area contributed by atoms with Crippen LogP contribution in [0.2, 0.25) is 0 Å². The summed E-state index contributed by atoms with van der Waals surface area (Å²) in [7, 11) is 0. The maximum Gasteiger partial charge on any atom is 0.255 e. The number of phenols is 1. The number of rotatable bonds is 4. The van der Waals surface area contributed by atoms with E-state index in [2.05, 4.69) is 15.2 Å². The lowest BCUT2D eigenvalue weighted by molar-refractivity contribution is 0.0948. The molecular weight excluding hydrogens is 294 g/mol. The molecule has 1 saturated heterocycles. The fourth-order valence-electron chi connectivity index (χ4n) is 2.48. The Morgan fingerprint density at radius 1 is 1.26 bits per heavy atom. The average Bonchev–Trinajstić information content (AvgIpc) is 2.61. The maximum atomic E-state index is 12.1. The summed E-state index contributed by atoms with van der Waals surface area (Å²) >= 11 is 0. The van der Waals surface area contributed by atoms with E-state index in [0.717, 1.165) is 24.5 Å².